The Morgan fingerprint density at radius 1 is 0.960 bits per heavy atom. The Balaban J connectivity index is 1.87. The second-order valence-electron chi connectivity index (χ2n) is 5.64. The van der Waals surface area contributed by atoms with Gasteiger partial charge < -0.3 is 10.0 Å². The number of hydrogen-bond donors (Lipinski definition) is 1. The van der Waals surface area contributed by atoms with Crippen molar-refractivity contribution in [2.45, 2.75) is 6.92 Å². The molecular formula is C20H20ClN3O. The molecule has 0 aliphatic rings. The molecular weight excluding hydrogens is 334 g/mol. The molecule has 0 spiro atoms. The third-order valence-corrected chi connectivity index (χ3v) is 4.26. The Bertz CT molecular complexity index is 878. The van der Waals surface area contributed by atoms with Gasteiger partial charge in [0.2, 0.25) is 0 Å². The highest BCUT2D eigenvalue weighted by Gasteiger charge is 2.06. The van der Waals surface area contributed by atoms with E-state index in [9.17, 15) is 5.11 Å². The van der Waals surface area contributed by atoms with Crippen LogP contribution in [0.15, 0.2) is 70.9 Å². The predicted molar refractivity (Wildman–Crippen MR) is 105 cm³/mol. The number of phenols is 1. The predicted octanol–water partition coefficient (Wildman–Crippen LogP) is 6.03. The minimum Gasteiger partial charge on any atom is -0.506 e. The number of anilines is 1. The zero-order chi connectivity index (χ0) is 17.6. The van der Waals surface area contributed by atoms with Gasteiger partial charge in [-0.25, -0.2) is 0 Å². The summed E-state index contributed by atoms with van der Waals surface area (Å²) >= 11 is 5.84. The molecule has 0 radical (unpaired) electrons. The molecule has 1 N–H and O–H groups in total. The smallest absolute Gasteiger partial charge is 0.143 e. The molecule has 128 valence electrons. The van der Waals surface area contributed by atoms with Crippen LogP contribution in [-0.2, 0) is 0 Å². The molecule has 0 fully saturated rings. The Kier molecular flexibility index (Phi) is 5.51. The molecule has 0 aliphatic carbocycles. The summed E-state index contributed by atoms with van der Waals surface area (Å²) in [4.78, 5) is 2.20. The SMILES string of the molecule is CCN(CCCl)c1ccc(N=Nc2c(O)ccc3ccccc23)cc1. The molecule has 0 atom stereocenters. The molecule has 3 rings (SSSR count). The van der Waals surface area contributed by atoms with Crippen LogP contribution in [0, 0.1) is 0 Å². The fourth-order valence-electron chi connectivity index (χ4n) is 2.76. The molecule has 0 aliphatic heterocycles. The highest BCUT2D eigenvalue weighted by molar-refractivity contribution is 6.18. The average molecular weight is 354 g/mol. The fourth-order valence-corrected chi connectivity index (χ4v) is 2.96. The first-order valence-electron chi connectivity index (χ1n) is 8.26. The number of phenolic OH excluding ortho intramolecular Hbond substituents is 1. The average Bonchev–Trinajstić information content (AvgIpc) is 2.66. The van der Waals surface area contributed by atoms with E-state index in [0.29, 0.717) is 11.6 Å². The number of alkyl halides is 1. The van der Waals surface area contributed by atoms with Crippen LogP contribution in [0.25, 0.3) is 10.8 Å². The second-order valence-corrected chi connectivity index (χ2v) is 6.02. The summed E-state index contributed by atoms with van der Waals surface area (Å²) in [6.07, 6.45) is 0. The van der Waals surface area contributed by atoms with Crippen molar-refractivity contribution in [1.82, 2.24) is 0 Å². The molecule has 0 amide bonds. The maximum atomic E-state index is 10.1. The number of rotatable bonds is 6. The van der Waals surface area contributed by atoms with Crippen LogP contribution in [0.1, 0.15) is 6.92 Å². The van der Waals surface area contributed by atoms with E-state index in [4.69, 9.17) is 11.6 Å². The first-order chi connectivity index (χ1) is 12.2. The van der Waals surface area contributed by atoms with Crippen LogP contribution >= 0.6 is 11.6 Å². The third kappa shape index (κ3) is 3.91. The molecule has 3 aromatic rings. The lowest BCUT2D eigenvalue weighted by atomic mass is 10.1. The molecule has 3 aromatic carbocycles. The third-order valence-electron chi connectivity index (χ3n) is 4.10. The molecule has 25 heavy (non-hydrogen) atoms. The highest BCUT2D eigenvalue weighted by Crippen LogP contribution is 2.36. The van der Waals surface area contributed by atoms with E-state index < -0.39 is 0 Å². The Morgan fingerprint density at radius 2 is 1.72 bits per heavy atom. The standard InChI is InChI=1S/C20H20ClN3O/c1-2-24(14-13-21)17-10-8-16(9-11-17)22-23-20-18-6-4-3-5-15(18)7-12-19(20)25/h3-12,25H,2,13-14H2,1H3. The molecule has 4 nitrogen and oxygen atoms in total. The van der Waals surface area contributed by atoms with Gasteiger partial charge in [0, 0.05) is 30.0 Å². The lowest BCUT2D eigenvalue weighted by Gasteiger charge is -2.21. The van der Waals surface area contributed by atoms with Crippen LogP contribution in [-0.4, -0.2) is 24.1 Å². The Labute approximate surface area is 152 Å². The van der Waals surface area contributed by atoms with E-state index in [2.05, 4.69) is 22.1 Å². The van der Waals surface area contributed by atoms with Crippen molar-refractivity contribution in [2.24, 2.45) is 10.2 Å². The van der Waals surface area contributed by atoms with Crippen LogP contribution in [0.3, 0.4) is 0 Å². The van der Waals surface area contributed by atoms with Gasteiger partial charge in [0.15, 0.2) is 0 Å². The lowest BCUT2D eigenvalue weighted by molar-refractivity contribution is 0.477. The molecule has 0 bridgehead atoms. The first kappa shape index (κ1) is 17.2. The summed E-state index contributed by atoms with van der Waals surface area (Å²) in [5.41, 5.74) is 2.33. The maximum absolute atomic E-state index is 10.1. The molecule has 0 saturated carbocycles. The van der Waals surface area contributed by atoms with Crippen LogP contribution < -0.4 is 4.90 Å². The van der Waals surface area contributed by atoms with Crippen molar-refractivity contribution in [2.75, 3.05) is 23.9 Å². The number of hydrogen-bond acceptors (Lipinski definition) is 4. The fraction of sp³-hybridized carbons (Fsp3) is 0.200. The zero-order valence-electron chi connectivity index (χ0n) is 14.1. The number of azo groups is 1. The zero-order valence-corrected chi connectivity index (χ0v) is 14.8. The summed E-state index contributed by atoms with van der Waals surface area (Å²) in [5, 5.41) is 20.6. The minimum absolute atomic E-state index is 0.123. The van der Waals surface area contributed by atoms with Gasteiger partial charge in [-0.1, -0.05) is 30.3 Å². The summed E-state index contributed by atoms with van der Waals surface area (Å²) in [6, 6.07) is 19.2. The molecule has 5 heteroatoms. The largest absolute Gasteiger partial charge is 0.506 e. The lowest BCUT2D eigenvalue weighted by Crippen LogP contribution is -2.24. The summed E-state index contributed by atoms with van der Waals surface area (Å²) in [5.74, 6) is 0.716. The Morgan fingerprint density at radius 3 is 2.44 bits per heavy atom. The normalized spacial score (nSPS) is 11.3. The van der Waals surface area contributed by atoms with Crippen molar-refractivity contribution in [3.63, 3.8) is 0 Å². The monoisotopic (exact) mass is 353 g/mol. The molecule has 0 aromatic heterocycles. The Hall–Kier alpha value is -2.59. The van der Waals surface area contributed by atoms with Gasteiger partial charge in [-0.2, -0.15) is 5.11 Å². The van der Waals surface area contributed by atoms with Crippen LogP contribution in [0.2, 0.25) is 0 Å². The van der Waals surface area contributed by atoms with Crippen molar-refractivity contribution < 1.29 is 5.11 Å². The van der Waals surface area contributed by atoms with Gasteiger partial charge >= 0.3 is 0 Å². The van der Waals surface area contributed by atoms with Crippen molar-refractivity contribution >= 4 is 39.4 Å². The van der Waals surface area contributed by atoms with Crippen molar-refractivity contribution in [3.05, 3.63) is 60.7 Å². The van der Waals surface area contributed by atoms with Crippen molar-refractivity contribution in [1.29, 1.82) is 0 Å². The summed E-state index contributed by atoms with van der Waals surface area (Å²) in [7, 11) is 0. The minimum atomic E-state index is 0.123. The van der Waals surface area contributed by atoms with Gasteiger partial charge in [0.05, 0.1) is 5.69 Å². The number of fused-ring (bicyclic) bond motifs is 1. The van der Waals surface area contributed by atoms with E-state index in [1.807, 2.05) is 54.6 Å². The molecule has 0 unspecified atom stereocenters. The van der Waals surface area contributed by atoms with E-state index in [0.717, 1.165) is 35.2 Å². The number of aromatic hydroxyl groups is 1. The van der Waals surface area contributed by atoms with E-state index in [1.54, 1.807) is 6.07 Å². The summed E-state index contributed by atoms with van der Waals surface area (Å²) in [6.45, 7) is 3.81. The number of halogens is 1. The molecule has 0 heterocycles. The van der Waals surface area contributed by atoms with Crippen LogP contribution in [0.4, 0.5) is 17.1 Å². The quantitative estimate of drug-likeness (QED) is 0.434. The second kappa shape index (κ2) is 7.99. The topological polar surface area (TPSA) is 48.2 Å². The number of benzene rings is 3. The highest BCUT2D eigenvalue weighted by atomic mass is 35.5. The van der Waals surface area contributed by atoms with Gasteiger partial charge in [-0.05, 0) is 42.6 Å². The van der Waals surface area contributed by atoms with Gasteiger partial charge in [-0.3, -0.25) is 0 Å². The van der Waals surface area contributed by atoms with Gasteiger partial charge in [0.1, 0.15) is 11.4 Å². The van der Waals surface area contributed by atoms with Crippen LogP contribution in [0.5, 0.6) is 5.75 Å². The van der Waals surface area contributed by atoms with Gasteiger partial charge in [0.25, 0.3) is 0 Å². The van der Waals surface area contributed by atoms with E-state index in [1.165, 1.54) is 0 Å². The van der Waals surface area contributed by atoms with Gasteiger partial charge in [-0.15, -0.1) is 16.7 Å². The van der Waals surface area contributed by atoms with Crippen molar-refractivity contribution in [3.8, 4) is 5.75 Å². The number of nitrogens with zero attached hydrogens (tertiary/aromatic N) is 3. The maximum Gasteiger partial charge on any atom is 0.143 e. The van der Waals surface area contributed by atoms with E-state index in [-0.39, 0.29) is 5.75 Å². The van der Waals surface area contributed by atoms with E-state index >= 15 is 0 Å². The first-order valence-corrected chi connectivity index (χ1v) is 8.80. The molecule has 0 saturated heterocycles. The summed E-state index contributed by atoms with van der Waals surface area (Å²) < 4.78 is 0.